The van der Waals surface area contributed by atoms with E-state index >= 15 is 0 Å². The molecule has 1 aliphatic rings. The number of nitrogen functional groups attached to an aromatic ring is 1. The Kier molecular flexibility index (Phi) is 4.57. The number of benzene rings is 1. The van der Waals surface area contributed by atoms with Crippen molar-refractivity contribution >= 4 is 28.9 Å². The molecule has 29 heavy (non-hydrogen) atoms. The first-order chi connectivity index (χ1) is 14.2. The summed E-state index contributed by atoms with van der Waals surface area (Å²) in [7, 11) is 0. The molecule has 0 bridgehead atoms. The normalized spacial score (nSPS) is 15.3. The summed E-state index contributed by atoms with van der Waals surface area (Å²) in [4.78, 5) is 13.6. The topological polar surface area (TPSA) is 88.7 Å². The molecule has 1 aliphatic heterocycles. The molecule has 0 radical (unpaired) electrons. The quantitative estimate of drug-likeness (QED) is 0.554. The maximum absolute atomic E-state index is 6.35. The zero-order valence-corrected chi connectivity index (χ0v) is 16.5. The summed E-state index contributed by atoms with van der Waals surface area (Å²) in [5.41, 5.74) is 8.78. The van der Waals surface area contributed by atoms with Crippen molar-refractivity contribution in [2.24, 2.45) is 0 Å². The Balaban J connectivity index is 1.35. The Labute approximate surface area is 172 Å². The number of fused-ring (bicyclic) bond motifs is 1. The summed E-state index contributed by atoms with van der Waals surface area (Å²) < 4.78 is 6.99. The number of rotatable bonds is 4. The molecule has 0 saturated carbocycles. The average molecular weight is 410 g/mol. The smallest absolute Gasteiger partial charge is 0.223 e. The molecule has 148 valence electrons. The van der Waals surface area contributed by atoms with Gasteiger partial charge in [-0.2, -0.15) is 4.52 Å². The van der Waals surface area contributed by atoms with Crippen LogP contribution in [0.5, 0.6) is 0 Å². The maximum Gasteiger partial charge on any atom is 0.223 e. The molecule has 1 fully saturated rings. The van der Waals surface area contributed by atoms with E-state index in [1.807, 2.05) is 30.3 Å². The first-order valence-corrected chi connectivity index (χ1v) is 9.82. The van der Waals surface area contributed by atoms with Crippen LogP contribution in [0, 0.1) is 0 Å². The molecule has 1 saturated heterocycles. The number of hydrogen-bond acceptors (Lipinski definition) is 7. The molecule has 8 nitrogen and oxygen atoms in total. The van der Waals surface area contributed by atoms with E-state index in [4.69, 9.17) is 21.8 Å². The summed E-state index contributed by atoms with van der Waals surface area (Å²) in [5, 5.41) is 5.24. The molecule has 0 spiro atoms. The third-order valence-corrected chi connectivity index (χ3v) is 5.48. The lowest BCUT2D eigenvalue weighted by atomic mass is 10.2. The van der Waals surface area contributed by atoms with Gasteiger partial charge in [0.1, 0.15) is 0 Å². The van der Waals surface area contributed by atoms with Gasteiger partial charge < -0.3 is 15.1 Å². The van der Waals surface area contributed by atoms with E-state index in [0.717, 1.165) is 49.0 Å². The number of para-hydroxylation sites is 1. The highest BCUT2D eigenvalue weighted by atomic mass is 35.5. The van der Waals surface area contributed by atoms with Crippen LogP contribution in [0.4, 0.5) is 11.6 Å². The van der Waals surface area contributed by atoms with E-state index in [1.54, 1.807) is 17.0 Å². The molecule has 2 N–H and O–H groups in total. The van der Waals surface area contributed by atoms with Gasteiger partial charge in [-0.1, -0.05) is 23.7 Å². The summed E-state index contributed by atoms with van der Waals surface area (Å²) in [5.74, 6) is 1.41. The van der Waals surface area contributed by atoms with Crippen molar-refractivity contribution in [3.8, 4) is 11.6 Å². The average Bonchev–Trinajstić information content (AvgIpc) is 3.41. The standard InChI is InChI=1S/C20H20ClN7O/c21-15-4-1-2-5-16(15)27-9-7-26(8-10-27)13-14-12-23-20(22)28-19(14)24-18(25-28)17-6-3-11-29-17/h1-6,11-12H,7-10,13H2,(H2,22,23). The van der Waals surface area contributed by atoms with Crippen molar-refractivity contribution in [3.63, 3.8) is 0 Å². The van der Waals surface area contributed by atoms with Gasteiger partial charge >= 0.3 is 0 Å². The minimum Gasteiger partial charge on any atom is -0.461 e. The molecular weight excluding hydrogens is 390 g/mol. The van der Waals surface area contributed by atoms with Crippen molar-refractivity contribution < 1.29 is 4.42 Å². The molecule has 0 atom stereocenters. The van der Waals surface area contributed by atoms with E-state index in [1.165, 1.54) is 0 Å². The third-order valence-electron chi connectivity index (χ3n) is 5.16. The van der Waals surface area contributed by atoms with Gasteiger partial charge in [0.15, 0.2) is 11.4 Å². The second-order valence-corrected chi connectivity index (χ2v) is 7.41. The van der Waals surface area contributed by atoms with Crippen LogP contribution in [0.1, 0.15) is 5.56 Å². The minimum absolute atomic E-state index is 0.303. The van der Waals surface area contributed by atoms with Gasteiger partial charge in [-0.05, 0) is 24.3 Å². The Morgan fingerprint density at radius 3 is 2.66 bits per heavy atom. The number of hydrogen-bond donors (Lipinski definition) is 1. The van der Waals surface area contributed by atoms with Crippen molar-refractivity contribution in [3.05, 3.63) is 59.4 Å². The molecule has 0 unspecified atom stereocenters. The molecule has 4 heterocycles. The van der Waals surface area contributed by atoms with Crippen molar-refractivity contribution in [1.29, 1.82) is 0 Å². The number of halogens is 1. The zero-order chi connectivity index (χ0) is 19.8. The largest absolute Gasteiger partial charge is 0.461 e. The molecule has 9 heteroatoms. The Hall–Kier alpha value is -3.10. The summed E-state index contributed by atoms with van der Waals surface area (Å²) in [6, 6.07) is 11.6. The van der Waals surface area contributed by atoms with Gasteiger partial charge in [-0.15, -0.1) is 5.10 Å². The van der Waals surface area contributed by atoms with Crippen LogP contribution in [0.3, 0.4) is 0 Å². The number of aromatic nitrogens is 4. The van der Waals surface area contributed by atoms with Crippen molar-refractivity contribution in [2.75, 3.05) is 36.8 Å². The highest BCUT2D eigenvalue weighted by Gasteiger charge is 2.21. The molecule has 0 aliphatic carbocycles. The first kappa shape index (κ1) is 18.0. The highest BCUT2D eigenvalue weighted by Crippen LogP contribution is 2.27. The van der Waals surface area contributed by atoms with E-state index < -0.39 is 0 Å². The number of anilines is 2. The minimum atomic E-state index is 0.303. The first-order valence-electron chi connectivity index (χ1n) is 9.45. The van der Waals surface area contributed by atoms with Crippen LogP contribution in [-0.4, -0.2) is 50.7 Å². The second kappa shape index (κ2) is 7.38. The fourth-order valence-electron chi connectivity index (χ4n) is 3.65. The Morgan fingerprint density at radius 1 is 1.07 bits per heavy atom. The van der Waals surface area contributed by atoms with E-state index in [-0.39, 0.29) is 0 Å². The maximum atomic E-state index is 6.35. The number of nitrogens with two attached hydrogens (primary N) is 1. The van der Waals surface area contributed by atoms with Crippen LogP contribution < -0.4 is 10.6 Å². The predicted molar refractivity (Wildman–Crippen MR) is 112 cm³/mol. The fourth-order valence-corrected chi connectivity index (χ4v) is 3.91. The van der Waals surface area contributed by atoms with Crippen LogP contribution in [0.15, 0.2) is 53.3 Å². The van der Waals surface area contributed by atoms with Gasteiger partial charge in [0, 0.05) is 44.5 Å². The van der Waals surface area contributed by atoms with Crippen LogP contribution in [0.25, 0.3) is 17.2 Å². The van der Waals surface area contributed by atoms with E-state index in [0.29, 0.717) is 23.2 Å². The zero-order valence-electron chi connectivity index (χ0n) is 15.7. The van der Waals surface area contributed by atoms with Gasteiger partial charge in [0.25, 0.3) is 0 Å². The molecule has 3 aromatic heterocycles. The summed E-state index contributed by atoms with van der Waals surface area (Å²) in [6.45, 7) is 4.38. The summed E-state index contributed by atoms with van der Waals surface area (Å²) in [6.07, 6.45) is 3.38. The molecule has 0 amide bonds. The van der Waals surface area contributed by atoms with Crippen molar-refractivity contribution in [1.82, 2.24) is 24.5 Å². The fraction of sp³-hybridized carbons (Fsp3) is 0.250. The third kappa shape index (κ3) is 3.41. The SMILES string of the molecule is Nc1ncc(CN2CCN(c3ccccc3Cl)CC2)c2nc(-c3ccco3)nn12. The van der Waals surface area contributed by atoms with Crippen molar-refractivity contribution in [2.45, 2.75) is 6.54 Å². The Bertz CT molecular complexity index is 1130. The lowest BCUT2D eigenvalue weighted by molar-refractivity contribution is 0.250. The molecule has 4 aromatic rings. The van der Waals surface area contributed by atoms with Gasteiger partial charge in [0.2, 0.25) is 11.8 Å². The highest BCUT2D eigenvalue weighted by molar-refractivity contribution is 6.33. The second-order valence-electron chi connectivity index (χ2n) is 7.00. The molecular formula is C20H20ClN7O. The van der Waals surface area contributed by atoms with Crippen LogP contribution in [0.2, 0.25) is 5.02 Å². The number of furan rings is 1. The number of nitrogens with zero attached hydrogens (tertiary/aromatic N) is 6. The molecule has 5 rings (SSSR count). The van der Waals surface area contributed by atoms with Crippen LogP contribution in [-0.2, 0) is 6.54 Å². The van der Waals surface area contributed by atoms with Gasteiger partial charge in [-0.25, -0.2) is 9.97 Å². The van der Waals surface area contributed by atoms with Gasteiger partial charge in [-0.3, -0.25) is 4.90 Å². The van der Waals surface area contributed by atoms with E-state index in [9.17, 15) is 0 Å². The number of piperazine rings is 1. The summed E-state index contributed by atoms with van der Waals surface area (Å²) >= 11 is 6.35. The van der Waals surface area contributed by atoms with E-state index in [2.05, 4.69) is 30.9 Å². The van der Waals surface area contributed by atoms with Crippen LogP contribution >= 0.6 is 11.6 Å². The van der Waals surface area contributed by atoms with Gasteiger partial charge in [0.05, 0.1) is 17.0 Å². The lowest BCUT2D eigenvalue weighted by Crippen LogP contribution is -2.46. The predicted octanol–water partition coefficient (Wildman–Crippen LogP) is 2.94. The molecule has 1 aromatic carbocycles. The lowest BCUT2D eigenvalue weighted by Gasteiger charge is -2.36. The monoisotopic (exact) mass is 409 g/mol. The Morgan fingerprint density at radius 2 is 1.90 bits per heavy atom.